The Bertz CT molecular complexity index is 301. The lowest BCUT2D eigenvalue weighted by Gasteiger charge is -2.17. The second kappa shape index (κ2) is 12.2. The highest BCUT2D eigenvalue weighted by Crippen LogP contribution is 2.23. The molecule has 144 valence electrons. The zero-order chi connectivity index (χ0) is 17.8. The summed E-state index contributed by atoms with van der Waals surface area (Å²) in [5.41, 5.74) is 0.487. The van der Waals surface area contributed by atoms with E-state index in [-0.39, 0.29) is 12.7 Å². The molecule has 0 spiro atoms. The Morgan fingerprint density at radius 2 is 1.46 bits per heavy atom. The highest BCUT2D eigenvalue weighted by molar-refractivity contribution is 4.76. The van der Waals surface area contributed by atoms with E-state index in [0.29, 0.717) is 18.4 Å². The number of aliphatic hydroxyl groups is 2. The number of hydrogen-bond acceptors (Lipinski definition) is 4. The quantitative estimate of drug-likeness (QED) is 0.486. The van der Waals surface area contributed by atoms with E-state index in [9.17, 15) is 5.11 Å². The third-order valence-corrected chi connectivity index (χ3v) is 4.70. The van der Waals surface area contributed by atoms with Gasteiger partial charge in [0.2, 0.25) is 0 Å². The van der Waals surface area contributed by atoms with Gasteiger partial charge >= 0.3 is 0 Å². The fraction of sp³-hybridized carbons (Fsp3) is 1.00. The molecule has 1 heterocycles. The summed E-state index contributed by atoms with van der Waals surface area (Å²) in [4.78, 5) is 0. The van der Waals surface area contributed by atoms with Gasteiger partial charge in [0.05, 0.1) is 12.7 Å². The van der Waals surface area contributed by atoms with Crippen LogP contribution in [-0.4, -0.2) is 41.9 Å². The molecule has 1 aliphatic rings. The zero-order valence-electron chi connectivity index (χ0n) is 16.1. The summed E-state index contributed by atoms with van der Waals surface area (Å²) >= 11 is 0. The molecule has 24 heavy (non-hydrogen) atoms. The van der Waals surface area contributed by atoms with Crippen molar-refractivity contribution < 1.29 is 19.7 Å². The summed E-state index contributed by atoms with van der Waals surface area (Å²) < 4.78 is 11.0. The summed E-state index contributed by atoms with van der Waals surface area (Å²) in [6.45, 7) is 7.55. The fourth-order valence-corrected chi connectivity index (χ4v) is 3.18. The van der Waals surface area contributed by atoms with Crippen molar-refractivity contribution in [2.24, 2.45) is 5.41 Å². The minimum Gasteiger partial charge on any atom is -0.394 e. The summed E-state index contributed by atoms with van der Waals surface area (Å²) in [5.74, 6) is 0. The first-order valence-electron chi connectivity index (χ1n) is 9.98. The van der Waals surface area contributed by atoms with Crippen molar-refractivity contribution in [1.29, 1.82) is 0 Å². The maximum atomic E-state index is 9.74. The average Bonchev–Trinajstić information content (AvgIpc) is 2.87. The molecule has 0 amide bonds. The molecule has 3 unspecified atom stereocenters. The molecule has 1 rings (SSSR count). The minimum atomic E-state index is -0.597. The van der Waals surface area contributed by atoms with Crippen LogP contribution < -0.4 is 0 Å². The maximum Gasteiger partial charge on any atom is 0.183 e. The molecule has 0 aromatic heterocycles. The van der Waals surface area contributed by atoms with Crippen LogP contribution in [0.25, 0.3) is 0 Å². The van der Waals surface area contributed by atoms with Crippen molar-refractivity contribution in [3.05, 3.63) is 0 Å². The van der Waals surface area contributed by atoms with Crippen molar-refractivity contribution in [2.75, 3.05) is 13.2 Å². The molecule has 1 saturated heterocycles. The standard InChI is InChI=1S/C20H40O4/c1-20(2,3)13-11-9-7-5-4-6-8-10-12-14-23-19-18(22)15-17(16-21)24-19/h17-19,21-22H,4-16H2,1-3H3. The van der Waals surface area contributed by atoms with Crippen molar-refractivity contribution in [2.45, 2.75) is 110 Å². The van der Waals surface area contributed by atoms with Crippen molar-refractivity contribution in [1.82, 2.24) is 0 Å². The van der Waals surface area contributed by atoms with Crippen LogP contribution in [0.15, 0.2) is 0 Å². The van der Waals surface area contributed by atoms with Gasteiger partial charge in [-0.2, -0.15) is 0 Å². The van der Waals surface area contributed by atoms with E-state index in [1.54, 1.807) is 0 Å². The van der Waals surface area contributed by atoms with Crippen LogP contribution >= 0.6 is 0 Å². The van der Waals surface area contributed by atoms with E-state index in [0.717, 1.165) is 6.42 Å². The van der Waals surface area contributed by atoms with Crippen LogP contribution in [0.2, 0.25) is 0 Å². The molecule has 0 aromatic carbocycles. The smallest absolute Gasteiger partial charge is 0.183 e. The molecule has 1 fully saturated rings. The Hall–Kier alpha value is -0.160. The molecule has 1 aliphatic heterocycles. The third-order valence-electron chi connectivity index (χ3n) is 4.70. The molecule has 0 bridgehead atoms. The van der Waals surface area contributed by atoms with Crippen molar-refractivity contribution in [3.63, 3.8) is 0 Å². The van der Waals surface area contributed by atoms with E-state index < -0.39 is 12.4 Å². The SMILES string of the molecule is CC(C)(C)CCCCCCCCCCCOC1OC(CO)CC1O. The van der Waals surface area contributed by atoms with Crippen LogP contribution in [0, 0.1) is 5.41 Å². The molecule has 2 N–H and O–H groups in total. The molecule has 4 nitrogen and oxygen atoms in total. The van der Waals surface area contributed by atoms with Crippen LogP contribution in [0.1, 0.15) is 91.4 Å². The van der Waals surface area contributed by atoms with Gasteiger partial charge in [-0.05, 0) is 18.3 Å². The molecule has 0 saturated carbocycles. The Balaban J connectivity index is 1.81. The summed E-state index contributed by atoms with van der Waals surface area (Å²) in [6.07, 6.45) is 12.0. The van der Waals surface area contributed by atoms with Gasteiger partial charge in [-0.15, -0.1) is 0 Å². The highest BCUT2D eigenvalue weighted by Gasteiger charge is 2.33. The van der Waals surface area contributed by atoms with Gasteiger partial charge in [0, 0.05) is 13.0 Å². The third kappa shape index (κ3) is 10.7. The number of unbranched alkanes of at least 4 members (excludes halogenated alkanes) is 8. The molecular formula is C20H40O4. The molecule has 0 radical (unpaired) electrons. The summed E-state index contributed by atoms with van der Waals surface area (Å²) in [5, 5.41) is 18.7. The van der Waals surface area contributed by atoms with Gasteiger partial charge in [0.1, 0.15) is 6.10 Å². The first-order chi connectivity index (χ1) is 11.4. The molecule has 0 aromatic rings. The fourth-order valence-electron chi connectivity index (χ4n) is 3.18. The van der Waals surface area contributed by atoms with Crippen molar-refractivity contribution >= 4 is 0 Å². The van der Waals surface area contributed by atoms with Crippen LogP contribution in [0.3, 0.4) is 0 Å². The number of aliphatic hydroxyl groups excluding tert-OH is 2. The normalized spacial score (nSPS) is 24.6. The second-order valence-electron chi connectivity index (χ2n) is 8.48. The lowest BCUT2D eigenvalue weighted by molar-refractivity contribution is -0.169. The Labute approximate surface area is 148 Å². The monoisotopic (exact) mass is 344 g/mol. The Kier molecular flexibility index (Phi) is 11.2. The predicted octanol–water partition coefficient (Wildman–Crippen LogP) is 4.42. The second-order valence-corrected chi connectivity index (χ2v) is 8.48. The summed E-state index contributed by atoms with van der Waals surface area (Å²) in [7, 11) is 0. The van der Waals surface area contributed by atoms with Crippen LogP contribution in [-0.2, 0) is 9.47 Å². The van der Waals surface area contributed by atoms with Gasteiger partial charge in [0.25, 0.3) is 0 Å². The lowest BCUT2D eigenvalue weighted by Crippen LogP contribution is -2.24. The van der Waals surface area contributed by atoms with E-state index in [1.807, 2.05) is 0 Å². The van der Waals surface area contributed by atoms with E-state index in [4.69, 9.17) is 14.6 Å². The molecule has 4 heteroatoms. The topological polar surface area (TPSA) is 58.9 Å². The van der Waals surface area contributed by atoms with Gasteiger partial charge in [-0.1, -0.05) is 72.1 Å². The zero-order valence-corrected chi connectivity index (χ0v) is 16.1. The Morgan fingerprint density at radius 1 is 0.917 bits per heavy atom. The minimum absolute atomic E-state index is 0.0485. The molecule has 0 aliphatic carbocycles. The molecule has 3 atom stereocenters. The molecular weight excluding hydrogens is 304 g/mol. The lowest BCUT2D eigenvalue weighted by atomic mass is 9.89. The van der Waals surface area contributed by atoms with E-state index in [1.165, 1.54) is 57.8 Å². The van der Waals surface area contributed by atoms with Gasteiger partial charge in [-0.3, -0.25) is 0 Å². The Morgan fingerprint density at radius 3 is 1.96 bits per heavy atom. The highest BCUT2D eigenvalue weighted by atomic mass is 16.7. The largest absolute Gasteiger partial charge is 0.394 e. The maximum absolute atomic E-state index is 9.74. The van der Waals surface area contributed by atoms with Crippen LogP contribution in [0.4, 0.5) is 0 Å². The summed E-state index contributed by atoms with van der Waals surface area (Å²) in [6, 6.07) is 0. The number of hydrogen-bond donors (Lipinski definition) is 2. The first-order valence-corrected chi connectivity index (χ1v) is 9.98. The predicted molar refractivity (Wildman–Crippen MR) is 97.9 cm³/mol. The average molecular weight is 345 g/mol. The van der Waals surface area contributed by atoms with Gasteiger partial charge in [0.15, 0.2) is 6.29 Å². The van der Waals surface area contributed by atoms with E-state index >= 15 is 0 Å². The number of ether oxygens (including phenoxy) is 2. The van der Waals surface area contributed by atoms with Crippen LogP contribution in [0.5, 0.6) is 0 Å². The number of rotatable bonds is 13. The van der Waals surface area contributed by atoms with Crippen molar-refractivity contribution in [3.8, 4) is 0 Å². The first kappa shape index (κ1) is 21.9. The van der Waals surface area contributed by atoms with E-state index in [2.05, 4.69) is 20.8 Å². The van der Waals surface area contributed by atoms with Gasteiger partial charge < -0.3 is 19.7 Å². The van der Waals surface area contributed by atoms with Gasteiger partial charge in [-0.25, -0.2) is 0 Å².